The van der Waals surface area contributed by atoms with Crippen molar-refractivity contribution in [2.45, 2.75) is 33.2 Å². The zero-order valence-corrected chi connectivity index (χ0v) is 9.43. The molecule has 3 heteroatoms. The fourth-order valence-electron chi connectivity index (χ4n) is 2.76. The number of carbonyl (C=O) groups is 2. The first-order chi connectivity index (χ1) is 7.02. The topological polar surface area (TPSA) is 37.4 Å². The Balaban J connectivity index is 2.19. The molecule has 2 aliphatic rings. The SMILES string of the molecule is C[C@@H]1[C@@H](C)[C@@H](N2C(=O)C=CC2=O)C[C@@H]1C. The fourth-order valence-corrected chi connectivity index (χ4v) is 2.76. The van der Waals surface area contributed by atoms with Crippen LogP contribution in [0.4, 0.5) is 0 Å². The van der Waals surface area contributed by atoms with Gasteiger partial charge >= 0.3 is 0 Å². The lowest BCUT2D eigenvalue weighted by molar-refractivity contribution is -0.140. The minimum Gasteiger partial charge on any atom is -0.272 e. The summed E-state index contributed by atoms with van der Waals surface area (Å²) in [6.45, 7) is 6.53. The van der Waals surface area contributed by atoms with E-state index in [1.807, 2.05) is 0 Å². The molecular formula is C12H17NO2. The number of nitrogens with zero attached hydrogens (tertiary/aromatic N) is 1. The summed E-state index contributed by atoms with van der Waals surface area (Å²) in [6, 6.07) is 0.102. The molecule has 1 heterocycles. The van der Waals surface area contributed by atoms with E-state index in [-0.39, 0.29) is 17.9 Å². The van der Waals surface area contributed by atoms with Crippen molar-refractivity contribution >= 4 is 11.8 Å². The van der Waals surface area contributed by atoms with Crippen LogP contribution in [0.2, 0.25) is 0 Å². The number of carbonyl (C=O) groups excluding carboxylic acids is 2. The van der Waals surface area contributed by atoms with Gasteiger partial charge in [0.25, 0.3) is 11.8 Å². The minimum atomic E-state index is -0.141. The molecular weight excluding hydrogens is 190 g/mol. The van der Waals surface area contributed by atoms with Crippen molar-refractivity contribution in [3.63, 3.8) is 0 Å². The molecule has 82 valence electrons. The van der Waals surface area contributed by atoms with E-state index in [9.17, 15) is 9.59 Å². The molecule has 0 aromatic carbocycles. The Morgan fingerprint density at radius 3 is 2.00 bits per heavy atom. The largest absolute Gasteiger partial charge is 0.272 e. The standard InChI is InChI=1S/C12H17NO2/c1-7-6-10(9(3)8(7)2)13-11(14)4-5-12(13)15/h4-5,7-10H,6H2,1-3H3/t7-,8-,9+,10-/m0/s1. The van der Waals surface area contributed by atoms with Gasteiger partial charge in [-0.05, 0) is 24.2 Å². The highest BCUT2D eigenvalue weighted by Crippen LogP contribution is 2.39. The molecule has 0 bridgehead atoms. The highest BCUT2D eigenvalue weighted by atomic mass is 16.2. The monoisotopic (exact) mass is 207 g/mol. The predicted molar refractivity (Wildman–Crippen MR) is 56.9 cm³/mol. The first-order valence-corrected chi connectivity index (χ1v) is 5.57. The molecule has 1 aliphatic heterocycles. The van der Waals surface area contributed by atoms with Crippen LogP contribution >= 0.6 is 0 Å². The van der Waals surface area contributed by atoms with E-state index < -0.39 is 0 Å². The zero-order chi connectivity index (χ0) is 11.2. The van der Waals surface area contributed by atoms with Gasteiger partial charge in [-0.25, -0.2) is 0 Å². The van der Waals surface area contributed by atoms with E-state index in [4.69, 9.17) is 0 Å². The van der Waals surface area contributed by atoms with Gasteiger partial charge in [-0.3, -0.25) is 14.5 Å². The summed E-state index contributed by atoms with van der Waals surface area (Å²) in [5.41, 5.74) is 0. The summed E-state index contributed by atoms with van der Waals surface area (Å²) in [5.74, 6) is 1.30. The normalized spacial score (nSPS) is 40.6. The summed E-state index contributed by atoms with van der Waals surface area (Å²) in [6.07, 6.45) is 3.70. The van der Waals surface area contributed by atoms with Crippen LogP contribution in [0.5, 0.6) is 0 Å². The Morgan fingerprint density at radius 2 is 1.60 bits per heavy atom. The van der Waals surface area contributed by atoms with E-state index in [1.165, 1.54) is 17.1 Å². The maximum Gasteiger partial charge on any atom is 0.253 e. The van der Waals surface area contributed by atoms with Crippen molar-refractivity contribution in [3.05, 3.63) is 12.2 Å². The maximum atomic E-state index is 11.5. The molecule has 2 rings (SSSR count). The highest BCUT2D eigenvalue weighted by molar-refractivity contribution is 6.13. The zero-order valence-electron chi connectivity index (χ0n) is 9.43. The third-order valence-corrected chi connectivity index (χ3v) is 4.12. The molecule has 0 spiro atoms. The second-order valence-corrected chi connectivity index (χ2v) is 4.88. The van der Waals surface area contributed by atoms with Gasteiger partial charge in [0.15, 0.2) is 0 Å². The van der Waals surface area contributed by atoms with Gasteiger partial charge in [-0.15, -0.1) is 0 Å². The molecule has 2 amide bonds. The summed E-state index contributed by atoms with van der Waals surface area (Å²) >= 11 is 0. The Kier molecular flexibility index (Phi) is 2.41. The molecule has 4 atom stereocenters. The molecule has 15 heavy (non-hydrogen) atoms. The Bertz CT molecular complexity index is 317. The smallest absolute Gasteiger partial charge is 0.253 e. The van der Waals surface area contributed by atoms with Crippen LogP contribution in [-0.2, 0) is 9.59 Å². The van der Waals surface area contributed by atoms with Crippen molar-refractivity contribution < 1.29 is 9.59 Å². The van der Waals surface area contributed by atoms with Crippen molar-refractivity contribution in [3.8, 4) is 0 Å². The molecule has 0 radical (unpaired) electrons. The number of hydrogen-bond acceptors (Lipinski definition) is 2. The molecule has 0 aromatic heterocycles. The lowest BCUT2D eigenvalue weighted by atomic mass is 9.93. The Hall–Kier alpha value is -1.12. The van der Waals surface area contributed by atoms with Gasteiger partial charge in [-0.1, -0.05) is 20.8 Å². The van der Waals surface area contributed by atoms with Crippen LogP contribution in [0, 0.1) is 17.8 Å². The van der Waals surface area contributed by atoms with Crippen LogP contribution < -0.4 is 0 Å². The third kappa shape index (κ3) is 1.50. The van der Waals surface area contributed by atoms with Gasteiger partial charge in [0.05, 0.1) is 0 Å². The second kappa shape index (κ2) is 3.47. The third-order valence-electron chi connectivity index (χ3n) is 4.12. The number of amides is 2. The van der Waals surface area contributed by atoms with E-state index in [0.717, 1.165) is 6.42 Å². The van der Waals surface area contributed by atoms with E-state index in [1.54, 1.807) is 0 Å². The first-order valence-electron chi connectivity index (χ1n) is 5.57. The van der Waals surface area contributed by atoms with E-state index in [0.29, 0.717) is 17.8 Å². The van der Waals surface area contributed by atoms with E-state index in [2.05, 4.69) is 20.8 Å². The molecule has 1 aliphatic carbocycles. The van der Waals surface area contributed by atoms with Crippen LogP contribution in [0.15, 0.2) is 12.2 Å². The molecule has 0 saturated heterocycles. The lowest BCUT2D eigenvalue weighted by Gasteiger charge is -2.26. The number of rotatable bonds is 1. The van der Waals surface area contributed by atoms with Crippen LogP contribution in [0.3, 0.4) is 0 Å². The van der Waals surface area contributed by atoms with Crippen LogP contribution in [0.25, 0.3) is 0 Å². The summed E-state index contributed by atoms with van der Waals surface area (Å²) in [5, 5.41) is 0. The van der Waals surface area contributed by atoms with Crippen molar-refractivity contribution in [2.75, 3.05) is 0 Å². The lowest BCUT2D eigenvalue weighted by Crippen LogP contribution is -2.42. The fraction of sp³-hybridized carbons (Fsp3) is 0.667. The number of hydrogen-bond donors (Lipinski definition) is 0. The number of imide groups is 1. The summed E-state index contributed by atoms with van der Waals surface area (Å²) in [7, 11) is 0. The van der Waals surface area contributed by atoms with Crippen LogP contribution in [-0.4, -0.2) is 22.8 Å². The van der Waals surface area contributed by atoms with Gasteiger partial charge in [0.1, 0.15) is 0 Å². The maximum absolute atomic E-state index is 11.5. The van der Waals surface area contributed by atoms with Crippen molar-refractivity contribution in [1.29, 1.82) is 0 Å². The van der Waals surface area contributed by atoms with Crippen LogP contribution in [0.1, 0.15) is 27.2 Å². The average Bonchev–Trinajstić information content (AvgIpc) is 2.63. The van der Waals surface area contributed by atoms with Gasteiger partial charge in [-0.2, -0.15) is 0 Å². The van der Waals surface area contributed by atoms with Crippen molar-refractivity contribution in [1.82, 2.24) is 4.90 Å². The molecule has 0 aromatic rings. The van der Waals surface area contributed by atoms with E-state index >= 15 is 0 Å². The minimum absolute atomic E-state index is 0.102. The van der Waals surface area contributed by atoms with Gasteiger partial charge in [0, 0.05) is 18.2 Å². The molecule has 1 fully saturated rings. The first kappa shape index (κ1) is 10.4. The predicted octanol–water partition coefficient (Wildman–Crippen LogP) is 1.59. The quantitative estimate of drug-likeness (QED) is 0.612. The summed E-state index contributed by atoms with van der Waals surface area (Å²) in [4.78, 5) is 24.5. The molecule has 0 unspecified atom stereocenters. The Labute approximate surface area is 90.1 Å². The average molecular weight is 207 g/mol. The summed E-state index contributed by atoms with van der Waals surface area (Å²) < 4.78 is 0. The Morgan fingerprint density at radius 1 is 1.07 bits per heavy atom. The highest BCUT2D eigenvalue weighted by Gasteiger charge is 2.43. The molecule has 1 saturated carbocycles. The molecule has 0 N–H and O–H groups in total. The van der Waals surface area contributed by atoms with Gasteiger partial charge in [0.2, 0.25) is 0 Å². The van der Waals surface area contributed by atoms with Crippen molar-refractivity contribution in [2.24, 2.45) is 17.8 Å². The van der Waals surface area contributed by atoms with Gasteiger partial charge < -0.3 is 0 Å². The second-order valence-electron chi connectivity index (χ2n) is 4.88. The molecule has 3 nitrogen and oxygen atoms in total.